The highest BCUT2D eigenvalue weighted by atomic mass is 32.1. The van der Waals surface area contributed by atoms with E-state index < -0.39 is 0 Å². The minimum atomic E-state index is 0.0813. The smallest absolute Gasteiger partial charge is 0.221 e. The van der Waals surface area contributed by atoms with Crippen molar-refractivity contribution < 1.29 is 4.79 Å². The molecular weight excluding hydrogens is 232 g/mol. The molecule has 1 atom stereocenters. The average Bonchev–Trinajstić information content (AvgIpc) is 3.00. The molecular formula is C13H20N2OS. The summed E-state index contributed by atoms with van der Waals surface area (Å²) in [6.45, 7) is 0.424. The molecule has 1 heterocycles. The number of hydrogen-bond acceptors (Lipinski definition) is 3. The molecule has 0 spiro atoms. The van der Waals surface area contributed by atoms with E-state index in [0.717, 1.165) is 0 Å². The summed E-state index contributed by atoms with van der Waals surface area (Å²) < 4.78 is 0. The first kappa shape index (κ1) is 12.6. The summed E-state index contributed by atoms with van der Waals surface area (Å²) in [7, 11) is 0. The van der Waals surface area contributed by atoms with Gasteiger partial charge in [0.15, 0.2) is 0 Å². The van der Waals surface area contributed by atoms with Gasteiger partial charge in [-0.2, -0.15) is 0 Å². The summed E-state index contributed by atoms with van der Waals surface area (Å²) in [4.78, 5) is 13.0. The highest BCUT2D eigenvalue weighted by Crippen LogP contribution is 2.37. The van der Waals surface area contributed by atoms with Gasteiger partial charge in [-0.1, -0.05) is 18.9 Å². The van der Waals surface area contributed by atoms with Crippen LogP contribution in [0, 0.1) is 5.92 Å². The number of rotatable bonds is 5. The Labute approximate surface area is 106 Å². The van der Waals surface area contributed by atoms with Crippen LogP contribution >= 0.6 is 11.3 Å². The molecule has 0 aromatic carbocycles. The molecule has 1 aromatic rings. The van der Waals surface area contributed by atoms with Gasteiger partial charge in [-0.25, -0.2) is 0 Å². The van der Waals surface area contributed by atoms with Gasteiger partial charge in [0.05, 0.1) is 6.04 Å². The number of hydrogen-bond donors (Lipinski definition) is 2. The van der Waals surface area contributed by atoms with Crippen LogP contribution in [0.15, 0.2) is 17.5 Å². The third-order valence-electron chi connectivity index (χ3n) is 3.41. The highest BCUT2D eigenvalue weighted by Gasteiger charge is 2.28. The molecule has 1 aliphatic rings. The van der Waals surface area contributed by atoms with E-state index in [2.05, 4.69) is 22.8 Å². The summed E-state index contributed by atoms with van der Waals surface area (Å²) in [6, 6.07) is 4.38. The van der Waals surface area contributed by atoms with Crippen LogP contribution in [0.5, 0.6) is 0 Å². The van der Waals surface area contributed by atoms with Crippen LogP contribution in [0.2, 0.25) is 0 Å². The van der Waals surface area contributed by atoms with Crippen molar-refractivity contribution in [3.63, 3.8) is 0 Å². The molecule has 3 N–H and O–H groups in total. The monoisotopic (exact) mass is 252 g/mol. The van der Waals surface area contributed by atoms with Crippen molar-refractivity contribution in [3.8, 4) is 0 Å². The maximum atomic E-state index is 11.7. The molecule has 2 rings (SSSR count). The Hall–Kier alpha value is -0.870. The molecule has 3 nitrogen and oxygen atoms in total. The lowest BCUT2D eigenvalue weighted by Gasteiger charge is -2.23. The quantitative estimate of drug-likeness (QED) is 0.845. The minimum absolute atomic E-state index is 0.0813. The fourth-order valence-electron chi connectivity index (χ4n) is 2.56. The van der Waals surface area contributed by atoms with Gasteiger partial charge in [0.1, 0.15) is 0 Å². The Morgan fingerprint density at radius 1 is 1.53 bits per heavy atom. The van der Waals surface area contributed by atoms with E-state index in [1.54, 1.807) is 11.3 Å². The van der Waals surface area contributed by atoms with Gasteiger partial charge in [-0.3, -0.25) is 4.79 Å². The molecule has 0 saturated heterocycles. The predicted molar refractivity (Wildman–Crippen MR) is 70.8 cm³/mol. The number of nitrogens with one attached hydrogen (secondary N) is 1. The van der Waals surface area contributed by atoms with Gasteiger partial charge < -0.3 is 11.1 Å². The molecule has 1 amide bonds. The molecule has 17 heavy (non-hydrogen) atoms. The van der Waals surface area contributed by atoms with Crippen molar-refractivity contribution >= 4 is 17.2 Å². The van der Waals surface area contributed by atoms with E-state index in [9.17, 15) is 4.79 Å². The zero-order valence-corrected chi connectivity index (χ0v) is 10.8. The van der Waals surface area contributed by atoms with E-state index in [-0.39, 0.29) is 11.9 Å². The first-order valence-electron chi connectivity index (χ1n) is 6.34. The Morgan fingerprint density at radius 3 is 2.88 bits per heavy atom. The Bertz CT molecular complexity index is 344. The Kier molecular flexibility index (Phi) is 4.57. The molecule has 1 aromatic heterocycles. The van der Waals surface area contributed by atoms with Crippen LogP contribution < -0.4 is 11.1 Å². The Morgan fingerprint density at radius 2 is 2.29 bits per heavy atom. The largest absolute Gasteiger partial charge is 0.348 e. The van der Waals surface area contributed by atoms with E-state index in [4.69, 9.17) is 5.73 Å². The molecule has 0 bridgehead atoms. The van der Waals surface area contributed by atoms with Crippen molar-refractivity contribution in [1.29, 1.82) is 0 Å². The lowest BCUT2D eigenvalue weighted by Crippen LogP contribution is -2.33. The van der Waals surface area contributed by atoms with Crippen LogP contribution in [-0.4, -0.2) is 12.5 Å². The summed E-state index contributed by atoms with van der Waals surface area (Å²) in [6.07, 6.45) is 5.46. The van der Waals surface area contributed by atoms with Gasteiger partial charge in [0.2, 0.25) is 5.91 Å². The van der Waals surface area contributed by atoms with Crippen LogP contribution in [0.1, 0.15) is 43.0 Å². The summed E-state index contributed by atoms with van der Waals surface area (Å²) >= 11 is 1.73. The Balaban J connectivity index is 2.04. The molecule has 4 heteroatoms. The summed E-state index contributed by atoms with van der Waals surface area (Å²) in [5.74, 6) is 0.688. The van der Waals surface area contributed by atoms with Gasteiger partial charge >= 0.3 is 0 Å². The second-order valence-corrected chi connectivity index (χ2v) is 5.62. The first-order valence-corrected chi connectivity index (χ1v) is 7.22. The van der Waals surface area contributed by atoms with E-state index in [1.165, 1.54) is 30.6 Å². The zero-order chi connectivity index (χ0) is 12.1. The lowest BCUT2D eigenvalue weighted by atomic mass is 9.96. The van der Waals surface area contributed by atoms with Crippen molar-refractivity contribution in [3.05, 3.63) is 22.4 Å². The van der Waals surface area contributed by atoms with Crippen LogP contribution in [0.4, 0.5) is 0 Å². The lowest BCUT2D eigenvalue weighted by molar-refractivity contribution is -0.122. The fraction of sp³-hybridized carbons (Fsp3) is 0.615. The van der Waals surface area contributed by atoms with E-state index in [0.29, 0.717) is 18.9 Å². The summed E-state index contributed by atoms with van der Waals surface area (Å²) in [5, 5.41) is 5.23. The molecule has 1 unspecified atom stereocenters. The summed E-state index contributed by atoms with van der Waals surface area (Å²) in [5.41, 5.74) is 5.42. The van der Waals surface area contributed by atoms with E-state index in [1.807, 2.05) is 0 Å². The number of thiophene rings is 1. The third kappa shape index (κ3) is 3.30. The van der Waals surface area contributed by atoms with Crippen molar-refractivity contribution in [1.82, 2.24) is 5.32 Å². The topological polar surface area (TPSA) is 55.1 Å². The van der Waals surface area contributed by atoms with Gasteiger partial charge in [-0.05, 0) is 30.2 Å². The number of carbonyl (C=O) groups excluding carboxylic acids is 1. The minimum Gasteiger partial charge on any atom is -0.348 e. The molecule has 1 fully saturated rings. The number of nitrogens with two attached hydrogens (primary N) is 1. The second-order valence-electron chi connectivity index (χ2n) is 4.64. The van der Waals surface area contributed by atoms with Crippen LogP contribution in [0.3, 0.4) is 0 Å². The molecule has 94 valence electrons. The standard InChI is InChI=1S/C13H20N2OS/c14-8-7-12(16)15-13(10-4-1-2-5-10)11-6-3-9-17-11/h3,6,9-10,13H,1-2,4-5,7-8,14H2,(H,15,16). The fourth-order valence-corrected chi connectivity index (χ4v) is 3.43. The number of carbonyl (C=O) groups is 1. The molecule has 0 aliphatic heterocycles. The van der Waals surface area contributed by atoms with E-state index >= 15 is 0 Å². The number of amides is 1. The van der Waals surface area contributed by atoms with Crippen molar-refractivity contribution in [2.45, 2.75) is 38.1 Å². The van der Waals surface area contributed by atoms with Gasteiger partial charge in [0, 0.05) is 17.8 Å². The molecule has 1 aliphatic carbocycles. The maximum Gasteiger partial charge on any atom is 0.221 e. The average molecular weight is 252 g/mol. The molecule has 1 saturated carbocycles. The van der Waals surface area contributed by atoms with Gasteiger partial charge in [-0.15, -0.1) is 11.3 Å². The van der Waals surface area contributed by atoms with Gasteiger partial charge in [0.25, 0.3) is 0 Å². The SMILES string of the molecule is NCCC(=O)NC(c1cccs1)C1CCCC1. The zero-order valence-electron chi connectivity index (χ0n) is 10.0. The van der Waals surface area contributed by atoms with Crippen molar-refractivity contribution in [2.75, 3.05) is 6.54 Å². The predicted octanol–water partition coefficient (Wildman–Crippen LogP) is 2.44. The normalized spacial score (nSPS) is 18.2. The molecule has 0 radical (unpaired) electrons. The highest BCUT2D eigenvalue weighted by molar-refractivity contribution is 7.10. The van der Waals surface area contributed by atoms with Crippen molar-refractivity contribution in [2.24, 2.45) is 11.7 Å². The maximum absolute atomic E-state index is 11.7. The third-order valence-corrected chi connectivity index (χ3v) is 4.36. The van der Waals surface area contributed by atoms with Crippen LogP contribution in [-0.2, 0) is 4.79 Å². The first-order chi connectivity index (χ1) is 8.31. The van der Waals surface area contributed by atoms with Crippen LogP contribution in [0.25, 0.3) is 0 Å². The second kappa shape index (κ2) is 6.17.